The predicted molar refractivity (Wildman–Crippen MR) is 109 cm³/mol. The van der Waals surface area contributed by atoms with E-state index in [0.717, 1.165) is 0 Å². The van der Waals surface area contributed by atoms with Crippen LogP contribution in [0.1, 0.15) is 17.2 Å². The number of non-ortho nitro benzene ring substituents is 1. The summed E-state index contributed by atoms with van der Waals surface area (Å²) in [4.78, 5) is 41.5. The molecule has 1 amide bonds. The fourth-order valence-corrected chi connectivity index (χ4v) is 3.45. The molecular weight excluding hydrogens is 386 g/mol. The van der Waals surface area contributed by atoms with Gasteiger partial charge in [0.15, 0.2) is 0 Å². The van der Waals surface area contributed by atoms with Crippen LogP contribution in [0.25, 0.3) is 5.76 Å². The third-order valence-corrected chi connectivity index (χ3v) is 4.85. The van der Waals surface area contributed by atoms with Gasteiger partial charge < -0.3 is 5.11 Å². The number of carbonyl (C=O) groups excluding carboxylic acids is 2. The van der Waals surface area contributed by atoms with Gasteiger partial charge in [0.25, 0.3) is 17.4 Å². The highest BCUT2D eigenvalue weighted by Crippen LogP contribution is 2.41. The largest absolute Gasteiger partial charge is 0.507 e. The lowest BCUT2D eigenvalue weighted by atomic mass is 9.95. The average Bonchev–Trinajstić information content (AvgIpc) is 3.05. The summed E-state index contributed by atoms with van der Waals surface area (Å²) in [5.41, 5.74) is 1.05. The molecule has 1 N–H and O–H groups in total. The smallest absolute Gasteiger partial charge is 0.300 e. The van der Waals surface area contributed by atoms with E-state index >= 15 is 0 Å². The van der Waals surface area contributed by atoms with Gasteiger partial charge in [-0.3, -0.25) is 29.6 Å². The lowest BCUT2D eigenvalue weighted by Gasteiger charge is -2.25. The van der Waals surface area contributed by atoms with Crippen molar-refractivity contribution >= 4 is 28.8 Å². The van der Waals surface area contributed by atoms with E-state index in [4.69, 9.17) is 0 Å². The number of carbonyl (C=O) groups is 2. The van der Waals surface area contributed by atoms with Crippen LogP contribution >= 0.6 is 0 Å². The minimum Gasteiger partial charge on any atom is -0.507 e. The molecule has 1 aromatic heterocycles. The molecule has 8 nitrogen and oxygen atoms in total. The first-order valence-corrected chi connectivity index (χ1v) is 9.00. The average molecular weight is 401 g/mol. The molecule has 0 saturated carbocycles. The van der Waals surface area contributed by atoms with Crippen molar-refractivity contribution in [1.29, 1.82) is 0 Å². The Balaban J connectivity index is 1.90. The van der Waals surface area contributed by atoms with Gasteiger partial charge in [-0.2, -0.15) is 0 Å². The molecule has 30 heavy (non-hydrogen) atoms. The number of rotatable bonds is 4. The van der Waals surface area contributed by atoms with Crippen LogP contribution in [0.2, 0.25) is 0 Å². The second-order valence-corrected chi connectivity index (χ2v) is 6.59. The van der Waals surface area contributed by atoms with Crippen molar-refractivity contribution in [3.63, 3.8) is 0 Å². The number of ketones is 1. The van der Waals surface area contributed by atoms with E-state index in [9.17, 15) is 24.8 Å². The summed E-state index contributed by atoms with van der Waals surface area (Å²) in [6.45, 7) is 0. The molecule has 1 saturated heterocycles. The van der Waals surface area contributed by atoms with E-state index in [1.165, 1.54) is 41.6 Å². The van der Waals surface area contributed by atoms with Gasteiger partial charge in [0, 0.05) is 35.8 Å². The SMILES string of the molecule is O=C1C(=O)N(c2ccccc2)C(c2ccncc2)/C1=C(/O)c1ccc([N+](=O)[O-])cc1. The normalized spacial score (nSPS) is 17.9. The zero-order valence-corrected chi connectivity index (χ0v) is 15.5. The first-order chi connectivity index (χ1) is 14.5. The molecule has 0 aliphatic carbocycles. The van der Waals surface area contributed by atoms with E-state index < -0.39 is 28.4 Å². The molecule has 1 atom stereocenters. The van der Waals surface area contributed by atoms with Crippen molar-refractivity contribution in [2.45, 2.75) is 6.04 Å². The Morgan fingerprint density at radius 1 is 0.967 bits per heavy atom. The minimum absolute atomic E-state index is 0.0936. The summed E-state index contributed by atoms with van der Waals surface area (Å²) in [7, 11) is 0. The maximum absolute atomic E-state index is 12.9. The number of nitrogens with zero attached hydrogens (tertiary/aromatic N) is 3. The van der Waals surface area contributed by atoms with Crippen LogP contribution in [0, 0.1) is 10.1 Å². The molecule has 0 bridgehead atoms. The van der Waals surface area contributed by atoms with E-state index in [1.807, 2.05) is 0 Å². The van der Waals surface area contributed by atoms with E-state index in [-0.39, 0.29) is 16.8 Å². The van der Waals surface area contributed by atoms with Gasteiger partial charge in [0.1, 0.15) is 5.76 Å². The number of amides is 1. The summed E-state index contributed by atoms with van der Waals surface area (Å²) in [6, 6.07) is 16.3. The molecule has 148 valence electrons. The number of para-hydroxylation sites is 1. The van der Waals surface area contributed by atoms with Crippen molar-refractivity contribution in [3.05, 3.63) is 106 Å². The van der Waals surface area contributed by atoms with Gasteiger partial charge in [0.05, 0.1) is 16.5 Å². The summed E-state index contributed by atoms with van der Waals surface area (Å²) in [6.07, 6.45) is 3.07. The zero-order valence-electron chi connectivity index (χ0n) is 15.5. The summed E-state index contributed by atoms with van der Waals surface area (Å²) in [5, 5.41) is 21.8. The maximum Gasteiger partial charge on any atom is 0.300 e. The van der Waals surface area contributed by atoms with Crippen molar-refractivity contribution in [2.75, 3.05) is 4.90 Å². The number of nitro groups is 1. The van der Waals surface area contributed by atoms with Crippen molar-refractivity contribution in [3.8, 4) is 0 Å². The van der Waals surface area contributed by atoms with Crippen LogP contribution in [0.5, 0.6) is 0 Å². The maximum atomic E-state index is 12.9. The predicted octanol–water partition coefficient (Wildman–Crippen LogP) is 3.62. The number of anilines is 1. The molecule has 0 spiro atoms. The standard InChI is InChI=1S/C22H15N3O5/c26-20(15-6-8-17(9-7-15)25(29)30)18-19(14-10-12-23-13-11-14)24(22(28)21(18)27)16-4-2-1-3-5-16/h1-13,19,26H/b20-18-. The monoisotopic (exact) mass is 401 g/mol. The number of aliphatic hydroxyl groups is 1. The molecule has 0 radical (unpaired) electrons. The number of hydrogen-bond donors (Lipinski definition) is 1. The van der Waals surface area contributed by atoms with Crippen LogP contribution in [0.3, 0.4) is 0 Å². The first-order valence-electron chi connectivity index (χ1n) is 9.00. The van der Waals surface area contributed by atoms with Crippen LogP contribution in [0.4, 0.5) is 11.4 Å². The molecule has 1 fully saturated rings. The van der Waals surface area contributed by atoms with Gasteiger partial charge in [0.2, 0.25) is 0 Å². The van der Waals surface area contributed by atoms with E-state index in [1.54, 1.807) is 42.5 Å². The van der Waals surface area contributed by atoms with Gasteiger partial charge in [-0.05, 0) is 42.0 Å². The Bertz CT molecular complexity index is 1160. The number of hydrogen-bond acceptors (Lipinski definition) is 6. The molecule has 8 heteroatoms. The number of benzene rings is 2. The molecule has 1 aliphatic rings. The van der Waals surface area contributed by atoms with E-state index in [2.05, 4.69) is 4.98 Å². The van der Waals surface area contributed by atoms with Gasteiger partial charge in [-0.1, -0.05) is 18.2 Å². The van der Waals surface area contributed by atoms with Crippen LogP contribution in [0.15, 0.2) is 84.7 Å². The Hall–Kier alpha value is -4.33. The molecule has 1 unspecified atom stereocenters. The number of aromatic nitrogens is 1. The number of nitro benzene ring substituents is 1. The van der Waals surface area contributed by atoms with Crippen LogP contribution in [-0.2, 0) is 9.59 Å². The Kier molecular flexibility index (Phi) is 4.81. The van der Waals surface area contributed by atoms with Gasteiger partial charge in [-0.25, -0.2) is 0 Å². The molecule has 2 aromatic carbocycles. The Labute approximate surface area is 170 Å². The van der Waals surface area contributed by atoms with E-state index in [0.29, 0.717) is 11.3 Å². The van der Waals surface area contributed by atoms with Gasteiger partial charge in [-0.15, -0.1) is 0 Å². The number of Topliss-reactive ketones (excluding diaryl/α,β-unsaturated/α-hetero) is 1. The van der Waals surface area contributed by atoms with Crippen molar-refractivity contribution in [2.24, 2.45) is 0 Å². The Morgan fingerprint density at radius 2 is 1.60 bits per heavy atom. The van der Waals surface area contributed by atoms with Gasteiger partial charge >= 0.3 is 0 Å². The lowest BCUT2D eigenvalue weighted by Crippen LogP contribution is -2.29. The molecule has 2 heterocycles. The first kappa shape index (κ1) is 19.0. The molecule has 4 rings (SSSR count). The van der Waals surface area contributed by atoms with Crippen LogP contribution < -0.4 is 4.90 Å². The quantitative estimate of drug-likeness (QED) is 0.235. The summed E-state index contributed by atoms with van der Waals surface area (Å²) >= 11 is 0. The highest BCUT2D eigenvalue weighted by atomic mass is 16.6. The summed E-state index contributed by atoms with van der Waals surface area (Å²) in [5.74, 6) is -2.01. The molecule has 1 aliphatic heterocycles. The third kappa shape index (κ3) is 3.20. The zero-order chi connectivity index (χ0) is 21.3. The minimum atomic E-state index is -0.870. The second-order valence-electron chi connectivity index (χ2n) is 6.59. The number of pyridine rings is 1. The topological polar surface area (TPSA) is 114 Å². The molecular formula is C22H15N3O5. The highest BCUT2D eigenvalue weighted by molar-refractivity contribution is 6.51. The fraction of sp³-hybridized carbons (Fsp3) is 0.0455. The second kappa shape index (κ2) is 7.59. The molecule has 3 aromatic rings. The van der Waals surface area contributed by atoms with Crippen molar-refractivity contribution < 1.29 is 19.6 Å². The highest BCUT2D eigenvalue weighted by Gasteiger charge is 2.46. The fourth-order valence-electron chi connectivity index (χ4n) is 3.45. The third-order valence-electron chi connectivity index (χ3n) is 4.85. The lowest BCUT2D eigenvalue weighted by molar-refractivity contribution is -0.384. The summed E-state index contributed by atoms with van der Waals surface area (Å²) < 4.78 is 0. The van der Waals surface area contributed by atoms with Crippen LogP contribution in [-0.4, -0.2) is 26.7 Å². The van der Waals surface area contributed by atoms with Crippen molar-refractivity contribution in [1.82, 2.24) is 4.98 Å². The number of aliphatic hydroxyl groups excluding tert-OH is 1. The Morgan fingerprint density at radius 3 is 2.20 bits per heavy atom.